The van der Waals surface area contributed by atoms with Crippen LogP contribution in [-0.2, 0) is 5.41 Å². The molecule has 0 aliphatic heterocycles. The summed E-state index contributed by atoms with van der Waals surface area (Å²) in [6, 6.07) is 10.7. The zero-order valence-corrected chi connectivity index (χ0v) is 14.8. The number of benzene rings is 1. The van der Waals surface area contributed by atoms with Gasteiger partial charge in [-0.3, -0.25) is 4.98 Å². The first kappa shape index (κ1) is 18.2. The van der Waals surface area contributed by atoms with Gasteiger partial charge in [-0.1, -0.05) is 51.8 Å². The highest BCUT2D eigenvalue weighted by atomic mass is 14.7. The third-order valence-electron chi connectivity index (χ3n) is 3.60. The molecule has 0 aliphatic carbocycles. The molecule has 2 nitrogen and oxygen atoms in total. The van der Waals surface area contributed by atoms with E-state index in [1.807, 2.05) is 19.2 Å². The summed E-state index contributed by atoms with van der Waals surface area (Å²) >= 11 is 0. The highest BCUT2D eigenvalue weighted by Gasteiger charge is 2.17. The molecule has 0 N–H and O–H groups in total. The van der Waals surface area contributed by atoms with Gasteiger partial charge in [-0.15, -0.1) is 0 Å². The molecule has 2 aromatic rings. The van der Waals surface area contributed by atoms with Crippen molar-refractivity contribution in [3.63, 3.8) is 0 Å². The number of pyridine rings is 1. The molecular weight excluding hydrogens is 268 g/mol. The van der Waals surface area contributed by atoms with Crippen LogP contribution in [0.4, 0.5) is 0 Å². The molecule has 0 saturated heterocycles. The Labute approximate surface area is 135 Å². The van der Waals surface area contributed by atoms with Crippen LogP contribution in [0.3, 0.4) is 0 Å². The summed E-state index contributed by atoms with van der Waals surface area (Å²) in [5.74, 6) is 0.255. The normalized spacial score (nSPS) is 12.2. The third-order valence-corrected chi connectivity index (χ3v) is 3.60. The van der Waals surface area contributed by atoms with Crippen LogP contribution >= 0.6 is 0 Å². The van der Waals surface area contributed by atoms with Crippen molar-refractivity contribution in [1.82, 2.24) is 4.98 Å². The molecule has 1 heterocycles. The largest absolute Gasteiger partial charge is 0.256 e. The summed E-state index contributed by atoms with van der Waals surface area (Å²) in [7, 11) is 0. The van der Waals surface area contributed by atoms with Gasteiger partial charge in [0.15, 0.2) is 0 Å². The molecule has 1 aromatic carbocycles. The van der Waals surface area contributed by atoms with Gasteiger partial charge in [0.25, 0.3) is 0 Å². The molecule has 22 heavy (non-hydrogen) atoms. The Hall–Kier alpha value is -1.88. The van der Waals surface area contributed by atoms with Gasteiger partial charge in [-0.05, 0) is 43.4 Å². The standard InChI is InChI=1S/C14H17N.C6H11N/c1-10-8-11-6-5-7-15-13(11)12(9-10)14(2,3)4;1-3-4-6(2)5-7/h5-9H,1-4H3;6H,3-4H2,1-2H3. The lowest BCUT2D eigenvalue weighted by Crippen LogP contribution is -2.12. The molecule has 0 amide bonds. The number of hydrogen-bond donors (Lipinski definition) is 0. The Kier molecular flexibility index (Phi) is 6.56. The minimum atomic E-state index is 0.151. The van der Waals surface area contributed by atoms with Crippen molar-refractivity contribution in [3.8, 4) is 6.07 Å². The maximum absolute atomic E-state index is 8.22. The average molecular weight is 296 g/mol. The van der Waals surface area contributed by atoms with E-state index in [0.717, 1.165) is 18.4 Å². The molecule has 1 aromatic heterocycles. The van der Waals surface area contributed by atoms with Gasteiger partial charge >= 0.3 is 0 Å². The second-order valence-electron chi connectivity index (χ2n) is 6.96. The highest BCUT2D eigenvalue weighted by molar-refractivity contribution is 5.83. The van der Waals surface area contributed by atoms with Gasteiger partial charge in [0.05, 0.1) is 11.6 Å². The molecule has 0 spiro atoms. The molecule has 2 rings (SSSR count). The van der Waals surface area contributed by atoms with Gasteiger partial charge in [0.1, 0.15) is 0 Å². The lowest BCUT2D eigenvalue weighted by molar-refractivity contribution is 0.594. The SMILES string of the molecule is CCCC(C)C#N.Cc1cc(C(C)(C)C)c2ncccc2c1. The molecule has 118 valence electrons. The monoisotopic (exact) mass is 296 g/mol. The zero-order chi connectivity index (χ0) is 16.8. The zero-order valence-electron chi connectivity index (χ0n) is 14.8. The van der Waals surface area contributed by atoms with Crippen molar-refractivity contribution in [3.05, 3.63) is 41.6 Å². The summed E-state index contributed by atoms with van der Waals surface area (Å²) in [5, 5.41) is 9.45. The van der Waals surface area contributed by atoms with Gasteiger partial charge in [0.2, 0.25) is 0 Å². The van der Waals surface area contributed by atoms with Gasteiger partial charge in [-0.25, -0.2) is 0 Å². The minimum Gasteiger partial charge on any atom is -0.256 e. The number of nitrogens with zero attached hydrogens (tertiary/aromatic N) is 2. The number of nitriles is 1. The van der Waals surface area contributed by atoms with Gasteiger partial charge < -0.3 is 0 Å². The van der Waals surface area contributed by atoms with Crippen LogP contribution in [0.1, 0.15) is 58.6 Å². The van der Waals surface area contributed by atoms with E-state index in [0.29, 0.717) is 0 Å². The van der Waals surface area contributed by atoms with Crippen molar-refractivity contribution in [2.45, 2.75) is 59.8 Å². The van der Waals surface area contributed by atoms with Crippen LogP contribution in [0, 0.1) is 24.2 Å². The molecule has 0 fully saturated rings. The van der Waals surface area contributed by atoms with Crippen molar-refractivity contribution < 1.29 is 0 Å². The third kappa shape index (κ3) is 5.15. The maximum atomic E-state index is 8.22. The Morgan fingerprint density at radius 2 is 1.95 bits per heavy atom. The Morgan fingerprint density at radius 1 is 1.27 bits per heavy atom. The second-order valence-corrected chi connectivity index (χ2v) is 6.96. The van der Waals surface area contributed by atoms with Crippen molar-refractivity contribution in [1.29, 1.82) is 5.26 Å². The topological polar surface area (TPSA) is 36.7 Å². The fourth-order valence-corrected chi connectivity index (χ4v) is 2.41. The van der Waals surface area contributed by atoms with E-state index in [1.165, 1.54) is 16.5 Å². The number of hydrogen-bond acceptors (Lipinski definition) is 2. The van der Waals surface area contributed by atoms with E-state index in [-0.39, 0.29) is 11.3 Å². The minimum absolute atomic E-state index is 0.151. The summed E-state index contributed by atoms with van der Waals surface area (Å²) in [6.45, 7) is 12.9. The molecule has 0 bridgehead atoms. The first-order valence-corrected chi connectivity index (χ1v) is 8.05. The lowest BCUT2D eigenvalue weighted by Gasteiger charge is -2.21. The van der Waals surface area contributed by atoms with E-state index >= 15 is 0 Å². The number of aryl methyl sites for hydroxylation is 1. The Bertz CT molecular complexity index is 645. The second kappa shape index (κ2) is 7.94. The van der Waals surface area contributed by atoms with Crippen molar-refractivity contribution in [2.24, 2.45) is 5.92 Å². The molecule has 2 heteroatoms. The van der Waals surface area contributed by atoms with E-state index in [1.54, 1.807) is 0 Å². The van der Waals surface area contributed by atoms with E-state index in [4.69, 9.17) is 5.26 Å². The van der Waals surface area contributed by atoms with Crippen LogP contribution < -0.4 is 0 Å². The predicted molar refractivity (Wildman–Crippen MR) is 94.9 cm³/mol. The van der Waals surface area contributed by atoms with Crippen LogP contribution in [0.2, 0.25) is 0 Å². The maximum Gasteiger partial charge on any atom is 0.0739 e. The van der Waals surface area contributed by atoms with Crippen LogP contribution in [0.25, 0.3) is 10.9 Å². The van der Waals surface area contributed by atoms with Gasteiger partial charge in [0, 0.05) is 17.5 Å². The first-order valence-electron chi connectivity index (χ1n) is 8.05. The molecule has 1 atom stereocenters. The number of rotatable bonds is 2. The fraction of sp³-hybridized carbons (Fsp3) is 0.500. The molecule has 0 aliphatic rings. The predicted octanol–water partition coefficient (Wildman–Crippen LogP) is 5.79. The smallest absolute Gasteiger partial charge is 0.0739 e. The van der Waals surface area contributed by atoms with Crippen LogP contribution in [0.15, 0.2) is 30.5 Å². The van der Waals surface area contributed by atoms with Crippen molar-refractivity contribution >= 4 is 10.9 Å². The molecule has 0 saturated carbocycles. The summed E-state index contributed by atoms with van der Waals surface area (Å²) in [6.07, 6.45) is 4.03. The number of fused-ring (bicyclic) bond motifs is 1. The summed E-state index contributed by atoms with van der Waals surface area (Å²) in [5.41, 5.74) is 3.92. The van der Waals surface area contributed by atoms with E-state index in [2.05, 4.69) is 63.9 Å². The molecular formula is C20H28N2. The van der Waals surface area contributed by atoms with Gasteiger partial charge in [-0.2, -0.15) is 5.26 Å². The van der Waals surface area contributed by atoms with Crippen LogP contribution in [-0.4, -0.2) is 4.98 Å². The van der Waals surface area contributed by atoms with E-state index in [9.17, 15) is 0 Å². The summed E-state index contributed by atoms with van der Waals surface area (Å²) < 4.78 is 0. The van der Waals surface area contributed by atoms with Crippen LogP contribution in [0.5, 0.6) is 0 Å². The highest BCUT2D eigenvalue weighted by Crippen LogP contribution is 2.29. The number of aromatic nitrogens is 1. The van der Waals surface area contributed by atoms with E-state index < -0.39 is 0 Å². The molecule has 0 radical (unpaired) electrons. The Balaban J connectivity index is 0.000000295. The molecule has 1 unspecified atom stereocenters. The first-order chi connectivity index (χ1) is 10.3. The fourth-order valence-electron chi connectivity index (χ4n) is 2.41. The van der Waals surface area contributed by atoms with Crippen molar-refractivity contribution in [2.75, 3.05) is 0 Å². The lowest BCUT2D eigenvalue weighted by atomic mass is 9.84. The quantitative estimate of drug-likeness (QED) is 0.703. The average Bonchev–Trinajstić information content (AvgIpc) is 2.46. The Morgan fingerprint density at radius 3 is 2.45 bits per heavy atom. The summed E-state index contributed by atoms with van der Waals surface area (Å²) in [4.78, 5) is 4.49.